The Morgan fingerprint density at radius 3 is 2.37 bits per heavy atom. The van der Waals surface area contributed by atoms with E-state index in [4.69, 9.17) is 21.1 Å². The zero-order valence-electron chi connectivity index (χ0n) is 16.8. The SMILES string of the molecule is CCN(CC)CCNCc1cc(OC)c(OCc2ccc(C)cc2)cc1Cl. The normalized spacial score (nSPS) is 11.0. The molecule has 0 aliphatic rings. The molecule has 0 bridgehead atoms. The molecular weight excluding hydrogens is 360 g/mol. The number of benzene rings is 2. The van der Waals surface area contributed by atoms with Crippen LogP contribution in [0, 0.1) is 6.92 Å². The lowest BCUT2D eigenvalue weighted by Crippen LogP contribution is -2.31. The van der Waals surface area contributed by atoms with Crippen molar-refractivity contribution in [1.29, 1.82) is 0 Å². The number of rotatable bonds is 11. The molecule has 0 fully saturated rings. The highest BCUT2D eigenvalue weighted by atomic mass is 35.5. The third kappa shape index (κ3) is 6.73. The van der Waals surface area contributed by atoms with Crippen LogP contribution in [0.25, 0.3) is 0 Å². The van der Waals surface area contributed by atoms with Crippen molar-refractivity contribution in [2.45, 2.75) is 33.9 Å². The number of aryl methyl sites for hydroxylation is 1. The Bertz CT molecular complexity index is 700. The van der Waals surface area contributed by atoms with Gasteiger partial charge in [-0.1, -0.05) is 55.3 Å². The lowest BCUT2D eigenvalue weighted by molar-refractivity contribution is 0.284. The van der Waals surface area contributed by atoms with Gasteiger partial charge in [-0.25, -0.2) is 0 Å². The van der Waals surface area contributed by atoms with Gasteiger partial charge in [-0.05, 0) is 37.2 Å². The summed E-state index contributed by atoms with van der Waals surface area (Å²) in [7, 11) is 1.65. The van der Waals surface area contributed by atoms with Gasteiger partial charge in [0.15, 0.2) is 11.5 Å². The van der Waals surface area contributed by atoms with Crippen molar-refractivity contribution in [2.75, 3.05) is 33.3 Å². The predicted molar refractivity (Wildman–Crippen MR) is 113 cm³/mol. The first-order valence-corrected chi connectivity index (χ1v) is 9.93. The van der Waals surface area contributed by atoms with E-state index >= 15 is 0 Å². The summed E-state index contributed by atoms with van der Waals surface area (Å²) in [4.78, 5) is 2.39. The van der Waals surface area contributed by atoms with Crippen LogP contribution >= 0.6 is 11.6 Å². The molecule has 5 heteroatoms. The first-order valence-electron chi connectivity index (χ1n) is 9.55. The molecule has 0 aromatic heterocycles. The van der Waals surface area contributed by atoms with Crippen molar-refractivity contribution in [3.63, 3.8) is 0 Å². The van der Waals surface area contributed by atoms with E-state index in [2.05, 4.69) is 55.3 Å². The van der Waals surface area contributed by atoms with Crippen LogP contribution in [-0.4, -0.2) is 38.2 Å². The molecule has 4 nitrogen and oxygen atoms in total. The van der Waals surface area contributed by atoms with Crippen molar-refractivity contribution in [3.8, 4) is 11.5 Å². The number of likely N-dealkylation sites (N-methyl/N-ethyl adjacent to an activating group) is 1. The minimum atomic E-state index is 0.481. The molecule has 148 valence electrons. The Morgan fingerprint density at radius 1 is 1.04 bits per heavy atom. The number of halogens is 1. The Kier molecular flexibility index (Phi) is 8.92. The van der Waals surface area contributed by atoms with Gasteiger partial charge in [0, 0.05) is 30.7 Å². The van der Waals surface area contributed by atoms with Crippen LogP contribution in [0.15, 0.2) is 36.4 Å². The maximum absolute atomic E-state index is 6.47. The molecule has 0 heterocycles. The van der Waals surface area contributed by atoms with E-state index in [9.17, 15) is 0 Å². The third-order valence-electron chi connectivity index (χ3n) is 4.66. The molecule has 2 aromatic carbocycles. The van der Waals surface area contributed by atoms with Crippen LogP contribution in [0.5, 0.6) is 11.5 Å². The zero-order chi connectivity index (χ0) is 19.6. The fourth-order valence-corrected chi connectivity index (χ4v) is 3.05. The summed E-state index contributed by atoms with van der Waals surface area (Å²) >= 11 is 6.47. The van der Waals surface area contributed by atoms with E-state index in [1.54, 1.807) is 7.11 Å². The van der Waals surface area contributed by atoms with Crippen molar-refractivity contribution in [2.24, 2.45) is 0 Å². The van der Waals surface area contributed by atoms with Gasteiger partial charge in [-0.15, -0.1) is 0 Å². The molecule has 0 saturated carbocycles. The first-order chi connectivity index (χ1) is 13.1. The van der Waals surface area contributed by atoms with E-state index in [1.807, 2.05) is 12.1 Å². The summed E-state index contributed by atoms with van der Waals surface area (Å²) in [5, 5.41) is 4.14. The Morgan fingerprint density at radius 2 is 1.74 bits per heavy atom. The molecular formula is C22H31ClN2O2. The molecule has 0 aliphatic carbocycles. The molecule has 1 N–H and O–H groups in total. The zero-order valence-corrected chi connectivity index (χ0v) is 17.6. The van der Waals surface area contributed by atoms with Crippen LogP contribution in [0.4, 0.5) is 0 Å². The van der Waals surface area contributed by atoms with Gasteiger partial charge in [0.05, 0.1) is 7.11 Å². The second-order valence-corrected chi connectivity index (χ2v) is 6.98. The summed E-state index contributed by atoms with van der Waals surface area (Å²) < 4.78 is 11.4. The van der Waals surface area contributed by atoms with Crippen LogP contribution < -0.4 is 14.8 Å². The van der Waals surface area contributed by atoms with Gasteiger partial charge in [0.1, 0.15) is 6.61 Å². The Balaban J connectivity index is 1.95. The number of hydrogen-bond acceptors (Lipinski definition) is 4. The molecule has 27 heavy (non-hydrogen) atoms. The quantitative estimate of drug-likeness (QED) is 0.565. The molecule has 2 aromatic rings. The van der Waals surface area contributed by atoms with E-state index in [1.165, 1.54) is 5.56 Å². The van der Waals surface area contributed by atoms with Gasteiger partial charge >= 0.3 is 0 Å². The summed E-state index contributed by atoms with van der Waals surface area (Å²) in [6, 6.07) is 12.1. The standard InChI is InChI=1S/C22H31ClN2O2/c1-5-25(6-2)12-11-24-15-19-13-21(26-4)22(14-20(19)23)27-16-18-9-7-17(3)8-10-18/h7-10,13-14,24H,5-6,11-12,15-16H2,1-4H3. The summed E-state index contributed by atoms with van der Waals surface area (Å²) in [6.45, 7) is 11.7. The summed E-state index contributed by atoms with van der Waals surface area (Å²) in [6.07, 6.45) is 0. The molecule has 0 radical (unpaired) electrons. The lowest BCUT2D eigenvalue weighted by Gasteiger charge is -2.18. The maximum atomic E-state index is 6.47. The summed E-state index contributed by atoms with van der Waals surface area (Å²) in [5.74, 6) is 1.36. The lowest BCUT2D eigenvalue weighted by atomic mass is 10.1. The smallest absolute Gasteiger partial charge is 0.163 e. The van der Waals surface area contributed by atoms with Crippen LogP contribution in [0.3, 0.4) is 0 Å². The topological polar surface area (TPSA) is 33.7 Å². The monoisotopic (exact) mass is 390 g/mol. The highest BCUT2D eigenvalue weighted by Crippen LogP contribution is 2.34. The molecule has 0 saturated heterocycles. The van der Waals surface area contributed by atoms with Gasteiger partial charge in [-0.3, -0.25) is 0 Å². The highest BCUT2D eigenvalue weighted by Gasteiger charge is 2.11. The van der Waals surface area contributed by atoms with Crippen LogP contribution in [0.2, 0.25) is 5.02 Å². The number of nitrogens with one attached hydrogen (secondary N) is 1. The molecule has 0 spiro atoms. The van der Waals surface area contributed by atoms with E-state index in [0.29, 0.717) is 29.7 Å². The minimum Gasteiger partial charge on any atom is -0.493 e. The molecule has 0 atom stereocenters. The minimum absolute atomic E-state index is 0.481. The molecule has 0 aliphatic heterocycles. The van der Waals surface area contributed by atoms with Crippen molar-refractivity contribution in [3.05, 3.63) is 58.1 Å². The second-order valence-electron chi connectivity index (χ2n) is 6.57. The van der Waals surface area contributed by atoms with Crippen molar-refractivity contribution in [1.82, 2.24) is 10.2 Å². The predicted octanol–water partition coefficient (Wildman–Crippen LogP) is 4.67. The van der Waals surface area contributed by atoms with Gasteiger partial charge < -0.3 is 19.7 Å². The molecule has 2 rings (SSSR count). The summed E-state index contributed by atoms with van der Waals surface area (Å²) in [5.41, 5.74) is 3.36. The fraction of sp³-hybridized carbons (Fsp3) is 0.455. The Hall–Kier alpha value is -1.75. The van der Waals surface area contributed by atoms with E-state index in [-0.39, 0.29) is 0 Å². The van der Waals surface area contributed by atoms with Crippen LogP contribution in [0.1, 0.15) is 30.5 Å². The number of hydrogen-bond donors (Lipinski definition) is 1. The maximum Gasteiger partial charge on any atom is 0.163 e. The largest absolute Gasteiger partial charge is 0.493 e. The number of ether oxygens (including phenoxy) is 2. The number of nitrogens with zero attached hydrogens (tertiary/aromatic N) is 1. The fourth-order valence-electron chi connectivity index (χ4n) is 2.83. The van der Waals surface area contributed by atoms with Gasteiger partial charge in [0.2, 0.25) is 0 Å². The van der Waals surface area contributed by atoms with Crippen LogP contribution in [-0.2, 0) is 13.2 Å². The highest BCUT2D eigenvalue weighted by molar-refractivity contribution is 6.31. The number of methoxy groups -OCH3 is 1. The van der Waals surface area contributed by atoms with Crippen molar-refractivity contribution >= 4 is 11.6 Å². The molecule has 0 amide bonds. The Labute approximate surface area is 168 Å². The average Bonchev–Trinajstić information content (AvgIpc) is 2.68. The third-order valence-corrected chi connectivity index (χ3v) is 5.01. The first kappa shape index (κ1) is 21.5. The van der Waals surface area contributed by atoms with E-state index in [0.717, 1.165) is 37.3 Å². The molecule has 0 unspecified atom stereocenters. The van der Waals surface area contributed by atoms with Crippen molar-refractivity contribution < 1.29 is 9.47 Å². The van der Waals surface area contributed by atoms with Gasteiger partial charge in [-0.2, -0.15) is 0 Å². The van der Waals surface area contributed by atoms with E-state index < -0.39 is 0 Å². The second kappa shape index (κ2) is 11.2. The average molecular weight is 391 g/mol. The van der Waals surface area contributed by atoms with Gasteiger partial charge in [0.25, 0.3) is 0 Å².